The molecular weight excluding hydrogens is 314 g/mol. The Morgan fingerprint density at radius 1 is 1.14 bits per heavy atom. The number of aliphatic hydroxyl groups is 1. The Balaban J connectivity index is 2.17. The highest BCUT2D eigenvalue weighted by atomic mass is 35.5. The van der Waals surface area contributed by atoms with Crippen LogP contribution in [0.1, 0.15) is 37.8 Å². The molecule has 0 aromatic heterocycles. The molecule has 0 heterocycles. The van der Waals surface area contributed by atoms with E-state index in [0.29, 0.717) is 0 Å². The van der Waals surface area contributed by atoms with E-state index in [9.17, 15) is 5.11 Å². The van der Waals surface area contributed by atoms with Crippen LogP contribution in [-0.4, -0.2) is 11.2 Å². The predicted molar refractivity (Wildman–Crippen MR) is 94.5 cm³/mol. The highest BCUT2D eigenvalue weighted by molar-refractivity contribution is 7.99. The molecule has 2 aromatic rings. The van der Waals surface area contributed by atoms with Crippen LogP contribution < -0.4 is 5.73 Å². The fraction of sp³-hybridized carbons (Fsp3) is 0.333. The van der Waals surface area contributed by atoms with Crippen LogP contribution >= 0.6 is 23.4 Å². The number of unbranched alkanes of at least 4 members (excludes halogenated alkanes) is 1. The number of nitrogens with two attached hydrogens (primary N) is 1. The SMILES string of the molecule is CCCC[C@@H](O)[C@@H](N)c1ccccc1Sc1ccc(Cl)cc1. The topological polar surface area (TPSA) is 46.2 Å². The summed E-state index contributed by atoms with van der Waals surface area (Å²) in [4.78, 5) is 2.18. The molecule has 2 nitrogen and oxygen atoms in total. The van der Waals surface area contributed by atoms with Gasteiger partial charge in [-0.3, -0.25) is 0 Å². The highest BCUT2D eigenvalue weighted by Gasteiger charge is 2.19. The Labute approximate surface area is 141 Å². The molecule has 0 saturated heterocycles. The first kappa shape index (κ1) is 17.4. The molecule has 0 spiro atoms. The molecule has 0 radical (unpaired) electrons. The predicted octanol–water partition coefficient (Wildman–Crippen LogP) is 5.04. The van der Waals surface area contributed by atoms with Gasteiger partial charge in [-0.15, -0.1) is 0 Å². The minimum absolute atomic E-state index is 0.359. The quantitative estimate of drug-likeness (QED) is 0.745. The Hall–Kier alpha value is -1.00. The number of halogens is 1. The van der Waals surface area contributed by atoms with Gasteiger partial charge in [-0.05, 0) is 42.3 Å². The fourth-order valence-corrected chi connectivity index (χ4v) is 3.40. The summed E-state index contributed by atoms with van der Waals surface area (Å²) in [5.41, 5.74) is 7.27. The van der Waals surface area contributed by atoms with E-state index in [4.69, 9.17) is 17.3 Å². The van der Waals surface area contributed by atoms with Crippen LogP contribution in [0.25, 0.3) is 0 Å². The average Bonchev–Trinajstić information content (AvgIpc) is 2.54. The zero-order valence-corrected chi connectivity index (χ0v) is 14.3. The van der Waals surface area contributed by atoms with Crippen LogP contribution in [0.3, 0.4) is 0 Å². The fourth-order valence-electron chi connectivity index (χ4n) is 2.28. The van der Waals surface area contributed by atoms with Gasteiger partial charge in [0.2, 0.25) is 0 Å². The maximum atomic E-state index is 10.3. The lowest BCUT2D eigenvalue weighted by molar-refractivity contribution is 0.131. The van der Waals surface area contributed by atoms with Crippen molar-refractivity contribution in [2.45, 2.75) is 48.1 Å². The molecule has 0 amide bonds. The third-order valence-electron chi connectivity index (χ3n) is 3.59. The molecule has 0 fully saturated rings. The van der Waals surface area contributed by atoms with E-state index in [-0.39, 0.29) is 6.04 Å². The second kappa shape index (κ2) is 8.59. The van der Waals surface area contributed by atoms with Gasteiger partial charge in [0, 0.05) is 14.8 Å². The summed E-state index contributed by atoms with van der Waals surface area (Å²) in [5.74, 6) is 0. The van der Waals surface area contributed by atoms with Crippen molar-refractivity contribution in [1.29, 1.82) is 0 Å². The summed E-state index contributed by atoms with van der Waals surface area (Å²) < 4.78 is 0. The van der Waals surface area contributed by atoms with Gasteiger partial charge < -0.3 is 10.8 Å². The monoisotopic (exact) mass is 335 g/mol. The summed E-state index contributed by atoms with van der Waals surface area (Å²) in [7, 11) is 0. The number of aliphatic hydroxyl groups excluding tert-OH is 1. The van der Waals surface area contributed by atoms with Gasteiger partial charge in [0.15, 0.2) is 0 Å². The number of hydrogen-bond donors (Lipinski definition) is 2. The zero-order chi connectivity index (χ0) is 15.9. The van der Waals surface area contributed by atoms with Crippen molar-refractivity contribution in [3.8, 4) is 0 Å². The second-order valence-electron chi connectivity index (χ2n) is 5.33. The van der Waals surface area contributed by atoms with Crippen molar-refractivity contribution in [3.05, 3.63) is 59.1 Å². The van der Waals surface area contributed by atoms with E-state index in [1.165, 1.54) is 0 Å². The van der Waals surface area contributed by atoms with E-state index < -0.39 is 6.10 Å². The lowest BCUT2D eigenvalue weighted by Crippen LogP contribution is -2.26. The molecule has 0 saturated carbocycles. The van der Waals surface area contributed by atoms with E-state index in [1.54, 1.807) is 11.8 Å². The molecule has 2 aromatic carbocycles. The van der Waals surface area contributed by atoms with E-state index in [1.807, 2.05) is 48.5 Å². The van der Waals surface area contributed by atoms with Crippen LogP contribution in [0, 0.1) is 0 Å². The Morgan fingerprint density at radius 2 is 1.82 bits per heavy atom. The third-order valence-corrected chi connectivity index (χ3v) is 4.94. The van der Waals surface area contributed by atoms with E-state index in [0.717, 1.165) is 39.6 Å². The van der Waals surface area contributed by atoms with Gasteiger partial charge in [-0.1, -0.05) is 61.3 Å². The van der Waals surface area contributed by atoms with E-state index in [2.05, 4.69) is 6.92 Å². The van der Waals surface area contributed by atoms with Crippen LogP contribution in [0.2, 0.25) is 5.02 Å². The summed E-state index contributed by atoms with van der Waals surface area (Å²) >= 11 is 7.57. The summed E-state index contributed by atoms with van der Waals surface area (Å²) in [5, 5.41) is 11.0. The molecule has 2 rings (SSSR count). The summed E-state index contributed by atoms with van der Waals surface area (Å²) in [6.45, 7) is 2.11. The van der Waals surface area contributed by atoms with Crippen LogP contribution in [0.15, 0.2) is 58.3 Å². The Kier molecular flexibility index (Phi) is 6.77. The second-order valence-corrected chi connectivity index (χ2v) is 6.88. The van der Waals surface area contributed by atoms with Crippen molar-refractivity contribution >= 4 is 23.4 Å². The third kappa shape index (κ3) is 4.75. The molecule has 118 valence electrons. The Morgan fingerprint density at radius 3 is 2.50 bits per heavy atom. The van der Waals surface area contributed by atoms with Gasteiger partial charge in [0.25, 0.3) is 0 Å². The molecule has 22 heavy (non-hydrogen) atoms. The van der Waals surface area contributed by atoms with Crippen LogP contribution in [-0.2, 0) is 0 Å². The molecule has 2 atom stereocenters. The average molecular weight is 336 g/mol. The summed E-state index contributed by atoms with van der Waals surface area (Å²) in [6, 6.07) is 15.4. The van der Waals surface area contributed by atoms with Gasteiger partial charge in [-0.25, -0.2) is 0 Å². The number of hydrogen-bond acceptors (Lipinski definition) is 3. The van der Waals surface area contributed by atoms with Crippen molar-refractivity contribution in [3.63, 3.8) is 0 Å². The first-order chi connectivity index (χ1) is 10.6. The molecule has 4 heteroatoms. The van der Waals surface area contributed by atoms with Crippen LogP contribution in [0.4, 0.5) is 0 Å². The van der Waals surface area contributed by atoms with Crippen molar-refractivity contribution in [2.75, 3.05) is 0 Å². The smallest absolute Gasteiger partial charge is 0.0733 e. The van der Waals surface area contributed by atoms with Gasteiger partial charge in [-0.2, -0.15) is 0 Å². The molecule has 0 aliphatic carbocycles. The largest absolute Gasteiger partial charge is 0.391 e. The highest BCUT2D eigenvalue weighted by Crippen LogP contribution is 2.34. The van der Waals surface area contributed by atoms with Gasteiger partial charge in [0.1, 0.15) is 0 Å². The molecule has 3 N–H and O–H groups in total. The maximum Gasteiger partial charge on any atom is 0.0733 e. The zero-order valence-electron chi connectivity index (χ0n) is 12.7. The van der Waals surface area contributed by atoms with Gasteiger partial charge in [0.05, 0.1) is 12.1 Å². The van der Waals surface area contributed by atoms with E-state index >= 15 is 0 Å². The minimum Gasteiger partial charge on any atom is -0.391 e. The first-order valence-corrected chi connectivity index (χ1v) is 8.77. The summed E-state index contributed by atoms with van der Waals surface area (Å²) in [6.07, 6.45) is 2.27. The normalized spacial score (nSPS) is 13.8. The molecule has 0 bridgehead atoms. The number of rotatable bonds is 7. The molecule has 0 aliphatic heterocycles. The van der Waals surface area contributed by atoms with Gasteiger partial charge >= 0.3 is 0 Å². The first-order valence-electron chi connectivity index (χ1n) is 7.57. The standard InChI is InChI=1S/C18H22ClNOS/c1-2-3-7-16(21)18(20)15-6-4-5-8-17(15)22-14-11-9-13(19)10-12-14/h4-6,8-12,16,18,21H,2-3,7,20H2,1H3/t16-,18+/m1/s1. The Bertz CT molecular complexity index is 588. The van der Waals surface area contributed by atoms with Crippen molar-refractivity contribution in [1.82, 2.24) is 0 Å². The molecular formula is C18H22ClNOS. The van der Waals surface area contributed by atoms with Crippen molar-refractivity contribution in [2.24, 2.45) is 5.73 Å². The maximum absolute atomic E-state index is 10.3. The lowest BCUT2D eigenvalue weighted by atomic mass is 9.98. The number of benzene rings is 2. The van der Waals surface area contributed by atoms with Crippen molar-refractivity contribution < 1.29 is 5.11 Å². The molecule has 0 aliphatic rings. The molecule has 0 unspecified atom stereocenters. The lowest BCUT2D eigenvalue weighted by Gasteiger charge is -2.21. The minimum atomic E-state index is -0.507. The van der Waals surface area contributed by atoms with Crippen LogP contribution in [0.5, 0.6) is 0 Å².